The maximum atomic E-state index is 12.5. The van der Waals surface area contributed by atoms with Crippen molar-refractivity contribution in [2.24, 2.45) is 5.73 Å². The second-order valence-corrected chi connectivity index (χ2v) is 6.72. The van der Waals surface area contributed by atoms with E-state index < -0.39 is 5.91 Å². The number of nitrogens with one attached hydrogen (secondary N) is 1. The lowest BCUT2D eigenvalue weighted by Gasteiger charge is -2.07. The van der Waals surface area contributed by atoms with Gasteiger partial charge in [0.25, 0.3) is 5.56 Å². The number of carbonyl (C=O) groups is 1. The molecule has 0 aliphatic rings. The second-order valence-electron chi connectivity index (χ2n) is 5.84. The fourth-order valence-corrected chi connectivity index (χ4v) is 3.95. The first-order valence-corrected chi connectivity index (χ1v) is 8.76. The largest absolute Gasteiger partial charge is 0.506 e. The van der Waals surface area contributed by atoms with Crippen molar-refractivity contribution in [2.45, 2.75) is 0 Å². The number of fused-ring (bicyclic) bond motifs is 1. The Bertz CT molecular complexity index is 1180. The maximum absolute atomic E-state index is 12.5. The van der Waals surface area contributed by atoms with Crippen molar-refractivity contribution in [1.82, 2.24) is 4.98 Å². The Balaban J connectivity index is 1.95. The summed E-state index contributed by atoms with van der Waals surface area (Å²) in [5, 5.41) is 13.3. The van der Waals surface area contributed by atoms with E-state index in [2.05, 4.69) is 4.98 Å². The average Bonchev–Trinajstić information content (AvgIpc) is 3.06. The SMILES string of the molecule is NC(=O)c1ccc(-c2csc3[nH]c(=O)c(-c4ccccc4)c(O)c23)cc1. The van der Waals surface area contributed by atoms with Gasteiger partial charge in [0.2, 0.25) is 5.91 Å². The summed E-state index contributed by atoms with van der Waals surface area (Å²) in [7, 11) is 0. The number of nitrogens with two attached hydrogens (primary N) is 1. The Labute approximate surface area is 152 Å². The van der Waals surface area contributed by atoms with Crippen LogP contribution in [0, 0.1) is 0 Å². The molecule has 2 aromatic heterocycles. The van der Waals surface area contributed by atoms with Gasteiger partial charge in [-0.15, -0.1) is 11.3 Å². The van der Waals surface area contributed by atoms with E-state index in [0.29, 0.717) is 21.3 Å². The fraction of sp³-hybridized carbons (Fsp3) is 0. The molecule has 4 rings (SSSR count). The molecular formula is C20H14N2O3S. The van der Waals surface area contributed by atoms with Crippen molar-refractivity contribution in [3.63, 3.8) is 0 Å². The van der Waals surface area contributed by atoms with Crippen LogP contribution in [0.25, 0.3) is 32.5 Å². The Kier molecular flexibility index (Phi) is 3.82. The van der Waals surface area contributed by atoms with E-state index in [1.807, 2.05) is 23.6 Å². The van der Waals surface area contributed by atoms with Gasteiger partial charge in [0, 0.05) is 16.5 Å². The molecule has 26 heavy (non-hydrogen) atoms. The molecule has 4 aromatic rings. The van der Waals surface area contributed by atoms with Crippen molar-refractivity contribution in [2.75, 3.05) is 0 Å². The summed E-state index contributed by atoms with van der Waals surface area (Å²) in [5.41, 5.74) is 7.86. The lowest BCUT2D eigenvalue weighted by Crippen LogP contribution is -2.10. The summed E-state index contributed by atoms with van der Waals surface area (Å²) >= 11 is 1.34. The Morgan fingerprint density at radius 2 is 1.69 bits per heavy atom. The maximum Gasteiger partial charge on any atom is 0.260 e. The van der Waals surface area contributed by atoms with Crippen LogP contribution in [-0.4, -0.2) is 16.0 Å². The van der Waals surface area contributed by atoms with Crippen molar-refractivity contribution in [3.8, 4) is 28.0 Å². The van der Waals surface area contributed by atoms with Crippen LogP contribution >= 0.6 is 11.3 Å². The van der Waals surface area contributed by atoms with Crippen LogP contribution in [0.4, 0.5) is 0 Å². The first kappa shape index (κ1) is 16.1. The number of primary amides is 1. The van der Waals surface area contributed by atoms with Gasteiger partial charge in [-0.05, 0) is 23.3 Å². The number of aromatic hydroxyl groups is 1. The molecule has 0 fully saturated rings. The van der Waals surface area contributed by atoms with E-state index in [1.54, 1.807) is 36.4 Å². The molecule has 0 saturated carbocycles. The average molecular weight is 362 g/mol. The number of rotatable bonds is 3. The molecule has 5 nitrogen and oxygen atoms in total. The second kappa shape index (κ2) is 6.16. The van der Waals surface area contributed by atoms with Gasteiger partial charge in [-0.25, -0.2) is 0 Å². The minimum Gasteiger partial charge on any atom is -0.506 e. The Morgan fingerprint density at radius 1 is 1.00 bits per heavy atom. The van der Waals surface area contributed by atoms with Crippen molar-refractivity contribution >= 4 is 27.5 Å². The highest BCUT2D eigenvalue weighted by atomic mass is 32.1. The molecule has 2 heterocycles. The smallest absolute Gasteiger partial charge is 0.260 e. The van der Waals surface area contributed by atoms with E-state index in [9.17, 15) is 14.7 Å². The number of aromatic nitrogens is 1. The van der Waals surface area contributed by atoms with E-state index in [1.165, 1.54) is 11.3 Å². The number of carbonyl (C=O) groups excluding carboxylic acids is 1. The third kappa shape index (κ3) is 2.57. The summed E-state index contributed by atoms with van der Waals surface area (Å²) in [5.74, 6) is -0.546. The van der Waals surface area contributed by atoms with Gasteiger partial charge < -0.3 is 15.8 Å². The van der Waals surface area contributed by atoms with Crippen LogP contribution in [0.2, 0.25) is 0 Å². The molecule has 0 aliphatic carbocycles. The topological polar surface area (TPSA) is 96.2 Å². The standard InChI is InChI=1S/C20H14N2O3S/c21-18(24)13-8-6-11(7-9-13)14-10-26-20-16(14)17(23)15(19(25)22-20)12-4-2-1-3-5-12/h1-10H,(H2,21,24)(H2,22,23,25). The van der Waals surface area contributed by atoms with Crippen LogP contribution in [-0.2, 0) is 0 Å². The quantitative estimate of drug-likeness (QED) is 0.518. The molecule has 0 spiro atoms. The number of benzene rings is 2. The molecule has 128 valence electrons. The summed E-state index contributed by atoms with van der Waals surface area (Å²) < 4.78 is 0. The predicted molar refractivity (Wildman–Crippen MR) is 104 cm³/mol. The highest BCUT2D eigenvalue weighted by Crippen LogP contribution is 2.41. The summed E-state index contributed by atoms with van der Waals surface area (Å²) in [6, 6.07) is 15.9. The molecule has 0 aliphatic heterocycles. The number of pyridine rings is 1. The molecule has 0 bridgehead atoms. The predicted octanol–water partition coefficient (Wildman–Crippen LogP) is 3.73. The zero-order valence-corrected chi connectivity index (χ0v) is 14.3. The van der Waals surface area contributed by atoms with Crippen LogP contribution in [0.1, 0.15) is 10.4 Å². The van der Waals surface area contributed by atoms with Crippen molar-refractivity contribution in [1.29, 1.82) is 0 Å². The number of hydrogen-bond acceptors (Lipinski definition) is 4. The zero-order chi connectivity index (χ0) is 18.3. The number of amides is 1. The molecule has 4 N–H and O–H groups in total. The van der Waals surface area contributed by atoms with Crippen LogP contribution < -0.4 is 11.3 Å². The van der Waals surface area contributed by atoms with Crippen molar-refractivity contribution < 1.29 is 9.90 Å². The molecular weight excluding hydrogens is 348 g/mol. The molecule has 0 atom stereocenters. The van der Waals surface area contributed by atoms with Gasteiger partial charge >= 0.3 is 0 Å². The van der Waals surface area contributed by atoms with Crippen LogP contribution in [0.3, 0.4) is 0 Å². The minimum atomic E-state index is -0.495. The molecule has 6 heteroatoms. The van der Waals surface area contributed by atoms with E-state index in [0.717, 1.165) is 11.1 Å². The molecule has 0 radical (unpaired) electrons. The molecule has 1 amide bonds. The normalized spacial score (nSPS) is 10.9. The molecule has 2 aromatic carbocycles. The first-order valence-electron chi connectivity index (χ1n) is 7.88. The van der Waals surface area contributed by atoms with Crippen LogP contribution in [0.5, 0.6) is 5.75 Å². The summed E-state index contributed by atoms with van der Waals surface area (Å²) in [6.07, 6.45) is 0. The third-order valence-corrected chi connectivity index (χ3v) is 5.16. The molecule has 0 saturated heterocycles. The van der Waals surface area contributed by atoms with Crippen LogP contribution in [0.15, 0.2) is 64.8 Å². The highest BCUT2D eigenvalue weighted by molar-refractivity contribution is 7.17. The zero-order valence-electron chi connectivity index (χ0n) is 13.5. The lowest BCUT2D eigenvalue weighted by molar-refractivity contribution is 0.100. The van der Waals surface area contributed by atoms with Gasteiger partial charge in [-0.2, -0.15) is 0 Å². The Hall–Kier alpha value is -3.38. The minimum absolute atomic E-state index is 0.0508. The van der Waals surface area contributed by atoms with Gasteiger partial charge in [0.05, 0.1) is 10.9 Å². The van der Waals surface area contributed by atoms with Gasteiger partial charge in [-0.3, -0.25) is 9.59 Å². The Morgan fingerprint density at radius 3 is 2.35 bits per heavy atom. The van der Waals surface area contributed by atoms with Crippen molar-refractivity contribution in [3.05, 3.63) is 75.9 Å². The first-order chi connectivity index (χ1) is 12.6. The number of hydrogen-bond donors (Lipinski definition) is 3. The van der Waals surface area contributed by atoms with E-state index >= 15 is 0 Å². The number of thiophene rings is 1. The highest BCUT2D eigenvalue weighted by Gasteiger charge is 2.18. The number of aromatic amines is 1. The van der Waals surface area contributed by atoms with Gasteiger partial charge in [-0.1, -0.05) is 42.5 Å². The van der Waals surface area contributed by atoms with E-state index in [4.69, 9.17) is 5.73 Å². The number of H-pyrrole nitrogens is 1. The van der Waals surface area contributed by atoms with Gasteiger partial charge in [0.15, 0.2) is 0 Å². The van der Waals surface area contributed by atoms with E-state index in [-0.39, 0.29) is 16.9 Å². The fourth-order valence-electron chi connectivity index (χ4n) is 2.98. The summed E-state index contributed by atoms with van der Waals surface area (Å²) in [6.45, 7) is 0. The lowest BCUT2D eigenvalue weighted by atomic mass is 10.00. The molecule has 0 unspecified atom stereocenters. The monoisotopic (exact) mass is 362 g/mol. The third-order valence-electron chi connectivity index (χ3n) is 4.26. The van der Waals surface area contributed by atoms with Gasteiger partial charge in [0.1, 0.15) is 10.6 Å². The summed E-state index contributed by atoms with van der Waals surface area (Å²) in [4.78, 5) is 27.2.